The highest BCUT2D eigenvalue weighted by molar-refractivity contribution is 5.23. The van der Waals surface area contributed by atoms with Crippen LogP contribution in [0.25, 0.3) is 0 Å². The van der Waals surface area contributed by atoms with Gasteiger partial charge in [0.2, 0.25) is 0 Å². The first kappa shape index (κ1) is 16.2. The number of rotatable bonds is 0. The number of hydrogen-bond donors (Lipinski definition) is 1. The summed E-state index contributed by atoms with van der Waals surface area (Å²) in [5.74, 6) is 3.58. The van der Waals surface area contributed by atoms with Crippen molar-refractivity contribution in [3.63, 3.8) is 0 Å². The molecule has 0 aliphatic heterocycles. The Balaban J connectivity index is 1.63. The molecule has 0 bridgehead atoms. The van der Waals surface area contributed by atoms with E-state index in [2.05, 4.69) is 33.8 Å². The fraction of sp³-hybridized carbons (Fsp3) is 0.909. The van der Waals surface area contributed by atoms with Gasteiger partial charge in [0.05, 0.1) is 5.60 Å². The van der Waals surface area contributed by atoms with Gasteiger partial charge < -0.3 is 5.11 Å². The molecule has 0 saturated heterocycles. The molecule has 130 valence electrons. The molecule has 0 aromatic heterocycles. The lowest BCUT2D eigenvalue weighted by molar-refractivity contribution is -0.139. The third kappa shape index (κ3) is 2.21. The largest absolute Gasteiger partial charge is 0.390 e. The van der Waals surface area contributed by atoms with E-state index in [1.54, 1.807) is 5.57 Å². The van der Waals surface area contributed by atoms with Gasteiger partial charge in [0.15, 0.2) is 0 Å². The number of hydrogen-bond acceptors (Lipinski definition) is 1. The highest BCUT2D eigenvalue weighted by atomic mass is 16.3. The van der Waals surface area contributed by atoms with Crippen LogP contribution in [0, 0.1) is 34.5 Å². The van der Waals surface area contributed by atoms with E-state index >= 15 is 0 Å². The van der Waals surface area contributed by atoms with E-state index in [9.17, 15) is 5.11 Å². The van der Waals surface area contributed by atoms with Crippen LogP contribution in [0.5, 0.6) is 0 Å². The fourth-order valence-electron chi connectivity index (χ4n) is 7.75. The van der Waals surface area contributed by atoms with Gasteiger partial charge >= 0.3 is 0 Å². The van der Waals surface area contributed by atoms with Gasteiger partial charge in [-0.15, -0.1) is 0 Å². The lowest BCUT2D eigenvalue weighted by Crippen LogP contribution is -2.55. The first-order valence-electron chi connectivity index (χ1n) is 10.2. The first-order valence-corrected chi connectivity index (χ1v) is 10.2. The summed E-state index contributed by atoms with van der Waals surface area (Å²) in [4.78, 5) is 0. The van der Waals surface area contributed by atoms with Gasteiger partial charge in [-0.3, -0.25) is 0 Å². The van der Waals surface area contributed by atoms with Crippen LogP contribution < -0.4 is 0 Å². The zero-order valence-corrected chi connectivity index (χ0v) is 15.7. The molecule has 4 saturated carbocycles. The van der Waals surface area contributed by atoms with E-state index in [0.717, 1.165) is 36.5 Å². The summed E-state index contributed by atoms with van der Waals surface area (Å²) in [5.41, 5.74) is 2.38. The zero-order valence-electron chi connectivity index (χ0n) is 15.7. The van der Waals surface area contributed by atoms with Crippen LogP contribution in [0.15, 0.2) is 11.6 Å². The molecule has 23 heavy (non-hydrogen) atoms. The number of aliphatic hydroxyl groups is 1. The molecule has 7 atom stereocenters. The van der Waals surface area contributed by atoms with Crippen molar-refractivity contribution in [3.05, 3.63) is 11.6 Å². The molecular weight excluding hydrogens is 280 g/mol. The minimum atomic E-state index is -0.397. The molecule has 0 amide bonds. The van der Waals surface area contributed by atoms with Gasteiger partial charge in [0.1, 0.15) is 0 Å². The molecule has 4 fully saturated rings. The van der Waals surface area contributed by atoms with E-state index in [0.29, 0.717) is 10.8 Å². The Morgan fingerprint density at radius 3 is 2.48 bits per heavy atom. The Bertz CT molecular complexity index is 518. The van der Waals surface area contributed by atoms with Crippen molar-refractivity contribution >= 4 is 0 Å². The van der Waals surface area contributed by atoms with Crippen molar-refractivity contribution in [3.8, 4) is 0 Å². The standard InChI is InChI=1S/C22H36O/c1-5-15-7-9-18-17-8-6-16-14-20(2,23)12-13-22(16,4)19(17)10-11-21(15,18)3/h5,16-19,23H,6-14H2,1-4H3/b15-5+/t16-,17-,18-,19-,20+,21+,22-/m0/s1. The van der Waals surface area contributed by atoms with Crippen LogP contribution in [0.4, 0.5) is 0 Å². The van der Waals surface area contributed by atoms with Crippen molar-refractivity contribution in [1.29, 1.82) is 0 Å². The minimum Gasteiger partial charge on any atom is -0.390 e. The van der Waals surface area contributed by atoms with E-state index in [1.165, 1.54) is 44.9 Å². The summed E-state index contributed by atoms with van der Waals surface area (Å²) >= 11 is 0. The highest BCUT2D eigenvalue weighted by Crippen LogP contribution is 2.67. The first-order chi connectivity index (χ1) is 10.8. The molecule has 0 unspecified atom stereocenters. The Morgan fingerprint density at radius 2 is 1.74 bits per heavy atom. The van der Waals surface area contributed by atoms with Gasteiger partial charge in [-0.25, -0.2) is 0 Å². The molecule has 4 rings (SSSR count). The summed E-state index contributed by atoms with van der Waals surface area (Å²) in [6.07, 6.45) is 14.2. The Kier molecular flexibility index (Phi) is 3.59. The SMILES string of the molecule is C/C=C1\CC[C@H]2[C@@H]3CC[C@H]4C[C@](C)(O)CC[C@]4(C)[C@H]3CC[C@]12C. The predicted octanol–water partition coefficient (Wildman–Crippen LogP) is 5.73. The molecule has 1 heteroatoms. The van der Waals surface area contributed by atoms with Crippen molar-refractivity contribution in [2.75, 3.05) is 0 Å². The molecule has 4 aliphatic rings. The van der Waals surface area contributed by atoms with Crippen LogP contribution in [-0.2, 0) is 0 Å². The molecule has 1 nitrogen and oxygen atoms in total. The molecule has 0 aromatic rings. The maximum absolute atomic E-state index is 10.6. The topological polar surface area (TPSA) is 20.2 Å². The fourth-order valence-corrected chi connectivity index (χ4v) is 7.75. The summed E-state index contributed by atoms with van der Waals surface area (Å²) in [6, 6.07) is 0. The van der Waals surface area contributed by atoms with Gasteiger partial charge in [-0.2, -0.15) is 0 Å². The average Bonchev–Trinajstić information content (AvgIpc) is 2.84. The Morgan fingerprint density at radius 1 is 0.957 bits per heavy atom. The van der Waals surface area contributed by atoms with Gasteiger partial charge in [0, 0.05) is 0 Å². The van der Waals surface area contributed by atoms with E-state index in [-0.39, 0.29) is 0 Å². The highest BCUT2D eigenvalue weighted by Gasteiger charge is 2.59. The third-order valence-electron chi connectivity index (χ3n) is 9.15. The molecule has 0 heterocycles. The molecule has 4 aliphatic carbocycles. The normalized spacial score (nSPS) is 57.7. The molecule has 0 spiro atoms. The molecule has 0 aromatic carbocycles. The van der Waals surface area contributed by atoms with E-state index in [1.807, 2.05) is 0 Å². The summed E-state index contributed by atoms with van der Waals surface area (Å²) in [6.45, 7) is 9.51. The Hall–Kier alpha value is -0.300. The zero-order chi connectivity index (χ0) is 16.5. The Labute approximate surface area is 142 Å². The summed E-state index contributed by atoms with van der Waals surface area (Å²) in [7, 11) is 0. The van der Waals surface area contributed by atoms with Crippen molar-refractivity contribution in [2.45, 2.75) is 91.1 Å². The second-order valence-electron chi connectivity index (χ2n) is 10.2. The second-order valence-corrected chi connectivity index (χ2v) is 10.2. The minimum absolute atomic E-state index is 0.397. The second kappa shape index (κ2) is 5.10. The van der Waals surface area contributed by atoms with Gasteiger partial charge in [-0.1, -0.05) is 25.5 Å². The molecule has 1 N–H and O–H groups in total. The van der Waals surface area contributed by atoms with Gasteiger partial charge in [-0.05, 0) is 106 Å². The van der Waals surface area contributed by atoms with E-state index < -0.39 is 5.60 Å². The quantitative estimate of drug-likeness (QED) is 0.566. The van der Waals surface area contributed by atoms with Crippen LogP contribution >= 0.6 is 0 Å². The lowest BCUT2D eigenvalue weighted by Gasteiger charge is -2.61. The van der Waals surface area contributed by atoms with Crippen LogP contribution in [0.1, 0.15) is 85.5 Å². The lowest BCUT2D eigenvalue weighted by atomic mass is 9.44. The van der Waals surface area contributed by atoms with Crippen LogP contribution in [0.2, 0.25) is 0 Å². The number of fused-ring (bicyclic) bond motifs is 5. The van der Waals surface area contributed by atoms with Crippen molar-refractivity contribution < 1.29 is 5.11 Å². The van der Waals surface area contributed by atoms with Crippen LogP contribution in [-0.4, -0.2) is 10.7 Å². The smallest absolute Gasteiger partial charge is 0.0622 e. The maximum Gasteiger partial charge on any atom is 0.0622 e. The van der Waals surface area contributed by atoms with E-state index in [4.69, 9.17) is 0 Å². The maximum atomic E-state index is 10.6. The van der Waals surface area contributed by atoms with Crippen molar-refractivity contribution in [2.24, 2.45) is 34.5 Å². The summed E-state index contributed by atoms with van der Waals surface area (Å²) in [5, 5.41) is 10.6. The predicted molar refractivity (Wildman–Crippen MR) is 96.1 cm³/mol. The molecular formula is C22H36O. The number of allylic oxidation sites excluding steroid dienone is 2. The summed E-state index contributed by atoms with van der Waals surface area (Å²) < 4.78 is 0. The van der Waals surface area contributed by atoms with Gasteiger partial charge in [0.25, 0.3) is 0 Å². The monoisotopic (exact) mass is 316 g/mol. The van der Waals surface area contributed by atoms with Crippen LogP contribution in [0.3, 0.4) is 0 Å². The molecule has 0 radical (unpaired) electrons. The average molecular weight is 317 g/mol. The third-order valence-corrected chi connectivity index (χ3v) is 9.15. The van der Waals surface area contributed by atoms with Crippen molar-refractivity contribution in [1.82, 2.24) is 0 Å².